The fourth-order valence-electron chi connectivity index (χ4n) is 3.94. The van der Waals surface area contributed by atoms with Gasteiger partial charge in [-0.05, 0) is 24.3 Å². The van der Waals surface area contributed by atoms with Crippen LogP contribution in [0, 0.1) is 0 Å². The lowest BCUT2D eigenvalue weighted by Crippen LogP contribution is -2.51. The molecule has 0 aromatic carbocycles. The Balaban J connectivity index is 1.68. The van der Waals surface area contributed by atoms with Crippen LogP contribution in [0.15, 0.2) is 17.5 Å². The number of fused-ring (bicyclic) bond motifs is 2. The van der Waals surface area contributed by atoms with Crippen LogP contribution in [-0.4, -0.2) is 35.5 Å². The van der Waals surface area contributed by atoms with Gasteiger partial charge >= 0.3 is 5.97 Å². The average Bonchev–Trinajstić information content (AvgIpc) is 3.20. The fourth-order valence-corrected chi connectivity index (χ4v) is 4.92. The summed E-state index contributed by atoms with van der Waals surface area (Å²) in [4.78, 5) is 27.8. The third kappa shape index (κ3) is 1.59. The number of thiophene rings is 1. The molecule has 2 aliphatic heterocycles. The first-order chi connectivity index (χ1) is 9.71. The summed E-state index contributed by atoms with van der Waals surface area (Å²) in [5.74, 6) is -0.0597. The summed E-state index contributed by atoms with van der Waals surface area (Å²) in [7, 11) is 0. The molecule has 0 spiro atoms. The van der Waals surface area contributed by atoms with E-state index in [1.165, 1.54) is 0 Å². The van der Waals surface area contributed by atoms with E-state index in [1.54, 1.807) is 16.2 Å². The van der Waals surface area contributed by atoms with Gasteiger partial charge in [0, 0.05) is 11.3 Å². The summed E-state index contributed by atoms with van der Waals surface area (Å²) in [5.41, 5.74) is -0.376. The number of carbonyl (C=O) groups excluding carboxylic acids is 2. The maximum absolute atomic E-state index is 13.1. The summed E-state index contributed by atoms with van der Waals surface area (Å²) in [6.45, 7) is 0.586. The first kappa shape index (κ1) is 12.4. The van der Waals surface area contributed by atoms with Crippen molar-refractivity contribution < 1.29 is 14.3 Å². The molecule has 2 atom stereocenters. The first-order valence-corrected chi connectivity index (χ1v) is 8.14. The van der Waals surface area contributed by atoms with Gasteiger partial charge in [-0.25, -0.2) is 4.79 Å². The fraction of sp³-hybridized carbons (Fsp3) is 0.600. The second kappa shape index (κ2) is 4.32. The number of nitrogens with zero attached hydrogens (tertiary/aromatic N) is 1. The Morgan fingerprint density at radius 2 is 2.20 bits per heavy atom. The van der Waals surface area contributed by atoms with Crippen LogP contribution in [0.25, 0.3) is 0 Å². The summed E-state index contributed by atoms with van der Waals surface area (Å²) in [6, 6.07) is 3.75. The smallest absolute Gasteiger partial charge is 0.329 e. The van der Waals surface area contributed by atoms with Gasteiger partial charge in [0.2, 0.25) is 5.91 Å². The Kier molecular flexibility index (Phi) is 2.67. The van der Waals surface area contributed by atoms with Crippen LogP contribution in [0.2, 0.25) is 0 Å². The lowest BCUT2D eigenvalue weighted by atomic mass is 9.82. The highest BCUT2D eigenvalue weighted by molar-refractivity contribution is 7.10. The van der Waals surface area contributed by atoms with E-state index in [0.29, 0.717) is 13.0 Å². The van der Waals surface area contributed by atoms with Crippen LogP contribution in [0.3, 0.4) is 0 Å². The number of likely N-dealkylation sites (tertiary alicyclic amines) is 1. The van der Waals surface area contributed by atoms with E-state index in [4.69, 9.17) is 4.74 Å². The predicted octanol–water partition coefficient (Wildman–Crippen LogP) is 2.09. The summed E-state index contributed by atoms with van der Waals surface area (Å²) >= 11 is 1.66. The normalized spacial score (nSPS) is 30.8. The van der Waals surface area contributed by atoms with Gasteiger partial charge < -0.3 is 9.64 Å². The second-order valence-electron chi connectivity index (χ2n) is 6.03. The molecule has 0 radical (unpaired) electrons. The van der Waals surface area contributed by atoms with Gasteiger partial charge in [-0.2, -0.15) is 0 Å². The van der Waals surface area contributed by atoms with Crippen LogP contribution >= 0.6 is 11.3 Å². The minimum Gasteiger partial charge on any atom is -0.459 e. The third-order valence-corrected chi connectivity index (χ3v) is 6.01. The first-order valence-electron chi connectivity index (χ1n) is 7.26. The van der Waals surface area contributed by atoms with Crippen LogP contribution in [-0.2, 0) is 19.7 Å². The van der Waals surface area contributed by atoms with Crippen molar-refractivity contribution in [3.8, 4) is 0 Å². The summed E-state index contributed by atoms with van der Waals surface area (Å²) < 4.78 is 5.20. The zero-order valence-corrected chi connectivity index (χ0v) is 12.0. The van der Waals surface area contributed by atoms with Gasteiger partial charge in [-0.3, -0.25) is 4.79 Å². The van der Waals surface area contributed by atoms with Gasteiger partial charge in [0.25, 0.3) is 0 Å². The number of hydrogen-bond acceptors (Lipinski definition) is 4. The van der Waals surface area contributed by atoms with Crippen molar-refractivity contribution in [2.75, 3.05) is 6.54 Å². The van der Waals surface area contributed by atoms with Crippen molar-refractivity contribution in [1.82, 2.24) is 4.90 Å². The summed E-state index contributed by atoms with van der Waals surface area (Å²) in [6.07, 6.45) is 4.63. The van der Waals surface area contributed by atoms with E-state index < -0.39 is 0 Å². The zero-order chi connectivity index (χ0) is 13.7. The lowest BCUT2D eigenvalue weighted by molar-refractivity contribution is -0.159. The second-order valence-corrected chi connectivity index (χ2v) is 6.98. The third-order valence-electron chi connectivity index (χ3n) is 4.94. The highest BCUT2D eigenvalue weighted by atomic mass is 32.1. The molecule has 1 amide bonds. The van der Waals surface area contributed by atoms with Gasteiger partial charge in [0.05, 0.1) is 12.0 Å². The zero-order valence-electron chi connectivity index (χ0n) is 11.2. The van der Waals surface area contributed by atoms with Crippen molar-refractivity contribution in [2.24, 2.45) is 0 Å². The molecule has 1 saturated carbocycles. The molecule has 106 valence electrons. The molecule has 4 nitrogen and oxygen atoms in total. The molecule has 5 heteroatoms. The molecule has 2 saturated heterocycles. The minimum absolute atomic E-state index is 0.0711. The monoisotopic (exact) mass is 291 g/mol. The SMILES string of the molecule is O=C1OC2CC1N(C(=O)C1(c3cccs3)CCCC1)C2. The van der Waals surface area contributed by atoms with Crippen molar-refractivity contribution in [2.45, 2.75) is 49.7 Å². The Hall–Kier alpha value is -1.36. The molecule has 3 fully saturated rings. The van der Waals surface area contributed by atoms with Crippen molar-refractivity contribution in [1.29, 1.82) is 0 Å². The van der Waals surface area contributed by atoms with E-state index in [9.17, 15) is 9.59 Å². The average molecular weight is 291 g/mol. The number of ether oxygens (including phenoxy) is 1. The highest BCUT2D eigenvalue weighted by Crippen LogP contribution is 2.46. The van der Waals surface area contributed by atoms with Crippen LogP contribution in [0.4, 0.5) is 0 Å². The van der Waals surface area contributed by atoms with E-state index in [2.05, 4.69) is 6.07 Å². The Morgan fingerprint density at radius 3 is 2.80 bits per heavy atom. The molecule has 3 heterocycles. The Bertz CT molecular complexity index is 547. The van der Waals surface area contributed by atoms with E-state index >= 15 is 0 Å². The Labute approximate surface area is 121 Å². The van der Waals surface area contributed by atoms with E-state index in [0.717, 1.165) is 30.6 Å². The molecule has 0 N–H and O–H groups in total. The van der Waals surface area contributed by atoms with Crippen LogP contribution in [0.1, 0.15) is 37.0 Å². The molecular weight excluding hydrogens is 274 g/mol. The maximum Gasteiger partial charge on any atom is 0.329 e. The highest BCUT2D eigenvalue weighted by Gasteiger charge is 2.54. The van der Waals surface area contributed by atoms with Crippen LogP contribution < -0.4 is 0 Å². The molecule has 2 unspecified atom stereocenters. The molecule has 4 rings (SSSR count). The summed E-state index contributed by atoms with van der Waals surface area (Å²) in [5, 5.41) is 2.03. The van der Waals surface area contributed by atoms with Crippen molar-refractivity contribution >= 4 is 23.2 Å². The van der Waals surface area contributed by atoms with Gasteiger partial charge in [-0.1, -0.05) is 18.9 Å². The standard InChI is InChI=1S/C15H17NO3S/c17-13-11-8-10(19-13)9-16(11)14(18)15(5-1-2-6-15)12-4-3-7-20-12/h3-4,7,10-11H,1-2,5-6,8-9H2. The van der Waals surface area contributed by atoms with E-state index in [-0.39, 0.29) is 29.4 Å². The van der Waals surface area contributed by atoms with Crippen molar-refractivity contribution in [3.05, 3.63) is 22.4 Å². The van der Waals surface area contributed by atoms with Crippen molar-refractivity contribution in [3.63, 3.8) is 0 Å². The Morgan fingerprint density at radius 1 is 1.40 bits per heavy atom. The minimum atomic E-state index is -0.376. The largest absolute Gasteiger partial charge is 0.459 e. The molecule has 1 aromatic heterocycles. The number of amides is 1. The number of rotatable bonds is 2. The molecule has 1 aliphatic carbocycles. The molecule has 2 bridgehead atoms. The molecular formula is C15H17NO3S. The van der Waals surface area contributed by atoms with Gasteiger partial charge in [0.1, 0.15) is 12.1 Å². The number of carbonyl (C=O) groups is 2. The molecule has 3 aliphatic rings. The van der Waals surface area contributed by atoms with Crippen LogP contribution in [0.5, 0.6) is 0 Å². The quantitative estimate of drug-likeness (QED) is 0.784. The number of esters is 1. The predicted molar refractivity (Wildman–Crippen MR) is 74.5 cm³/mol. The molecule has 20 heavy (non-hydrogen) atoms. The maximum atomic E-state index is 13.1. The topological polar surface area (TPSA) is 46.6 Å². The lowest BCUT2D eigenvalue weighted by Gasteiger charge is -2.35. The molecule has 1 aromatic rings. The van der Waals surface area contributed by atoms with Gasteiger partial charge in [0.15, 0.2) is 0 Å². The van der Waals surface area contributed by atoms with Gasteiger partial charge in [-0.15, -0.1) is 11.3 Å². The van der Waals surface area contributed by atoms with E-state index in [1.807, 2.05) is 11.4 Å². The number of hydrogen-bond donors (Lipinski definition) is 0. The number of morpholine rings is 1.